The van der Waals surface area contributed by atoms with Gasteiger partial charge in [0.1, 0.15) is 11.4 Å². The highest BCUT2D eigenvalue weighted by Gasteiger charge is 2.70. The maximum Gasteiger partial charge on any atom is 0.272 e. The molecule has 1 aliphatic rings. The van der Waals surface area contributed by atoms with Gasteiger partial charge in [0.25, 0.3) is 5.92 Å². The van der Waals surface area contributed by atoms with Crippen LogP contribution in [0.15, 0.2) is 18.2 Å². The Bertz CT molecular complexity index is 389. The lowest BCUT2D eigenvalue weighted by Gasteiger charge is -2.13. The van der Waals surface area contributed by atoms with Crippen LogP contribution in [0.2, 0.25) is 0 Å². The van der Waals surface area contributed by atoms with E-state index >= 15 is 0 Å². The summed E-state index contributed by atoms with van der Waals surface area (Å²) < 4.78 is 38.6. The molecule has 2 N–H and O–H groups in total. The van der Waals surface area contributed by atoms with E-state index in [0.717, 1.165) is 6.07 Å². The van der Waals surface area contributed by atoms with Crippen LogP contribution in [-0.2, 0) is 5.54 Å². The second-order valence-electron chi connectivity index (χ2n) is 3.81. The number of nitrogens with two attached hydrogens (primary N) is 1. The molecule has 0 spiro atoms. The minimum absolute atomic E-state index is 0.337. The van der Waals surface area contributed by atoms with Gasteiger partial charge >= 0.3 is 0 Å². The van der Waals surface area contributed by atoms with Gasteiger partial charge in [0.2, 0.25) is 0 Å². The molecule has 0 radical (unpaired) electrons. The quantitative estimate of drug-likeness (QED) is 0.741. The largest absolute Gasteiger partial charge is 0.316 e. The first-order valence-electron chi connectivity index (χ1n) is 4.30. The molecule has 0 aliphatic heterocycles. The number of benzene rings is 1. The Hall–Kier alpha value is -1.03. The minimum atomic E-state index is -2.85. The van der Waals surface area contributed by atoms with Crippen LogP contribution in [-0.4, -0.2) is 5.92 Å². The van der Waals surface area contributed by atoms with Crippen molar-refractivity contribution in [3.63, 3.8) is 0 Å². The highest BCUT2D eigenvalue weighted by molar-refractivity contribution is 5.41. The third kappa shape index (κ3) is 1.14. The van der Waals surface area contributed by atoms with E-state index < -0.39 is 17.3 Å². The van der Waals surface area contributed by atoms with E-state index in [9.17, 15) is 13.2 Å². The van der Waals surface area contributed by atoms with Gasteiger partial charge in [0.05, 0.1) is 0 Å². The van der Waals surface area contributed by atoms with E-state index in [1.54, 1.807) is 6.92 Å². The summed E-state index contributed by atoms with van der Waals surface area (Å²) in [5, 5.41) is 0. The number of hydrogen-bond donors (Lipinski definition) is 1. The summed E-state index contributed by atoms with van der Waals surface area (Å²) >= 11 is 0. The van der Waals surface area contributed by atoms with Gasteiger partial charge in [-0.1, -0.05) is 6.07 Å². The SMILES string of the molecule is Cc1cc(F)ccc1C1(N)CC1(F)F. The first-order valence-corrected chi connectivity index (χ1v) is 4.30. The number of aryl methyl sites for hydroxylation is 1. The first-order chi connectivity index (χ1) is 6.37. The fourth-order valence-electron chi connectivity index (χ4n) is 1.73. The third-order valence-corrected chi connectivity index (χ3v) is 2.70. The van der Waals surface area contributed by atoms with Crippen LogP contribution in [0.4, 0.5) is 13.2 Å². The van der Waals surface area contributed by atoms with Crippen molar-refractivity contribution in [2.24, 2.45) is 5.73 Å². The molecule has 4 heteroatoms. The zero-order valence-corrected chi connectivity index (χ0v) is 7.65. The number of halogens is 3. The van der Waals surface area contributed by atoms with Crippen LogP contribution in [0, 0.1) is 12.7 Å². The maximum atomic E-state index is 12.9. The molecule has 1 fully saturated rings. The molecule has 1 atom stereocenters. The number of alkyl halides is 2. The summed E-state index contributed by atoms with van der Waals surface area (Å²) in [5.41, 5.74) is 4.76. The lowest BCUT2D eigenvalue weighted by atomic mass is 9.99. The molecule has 1 aromatic rings. The summed E-state index contributed by atoms with van der Waals surface area (Å²) in [4.78, 5) is 0. The predicted molar refractivity (Wildman–Crippen MR) is 46.6 cm³/mol. The fourth-order valence-corrected chi connectivity index (χ4v) is 1.73. The molecule has 76 valence electrons. The summed E-state index contributed by atoms with van der Waals surface area (Å²) in [5.74, 6) is -3.28. The second-order valence-corrected chi connectivity index (χ2v) is 3.81. The van der Waals surface area contributed by atoms with E-state index in [1.165, 1.54) is 12.1 Å². The monoisotopic (exact) mass is 201 g/mol. The van der Waals surface area contributed by atoms with Crippen LogP contribution in [0.3, 0.4) is 0 Å². The normalized spacial score (nSPS) is 28.9. The van der Waals surface area contributed by atoms with Gasteiger partial charge in [-0.2, -0.15) is 0 Å². The highest BCUT2D eigenvalue weighted by atomic mass is 19.3. The molecule has 0 aromatic heterocycles. The van der Waals surface area contributed by atoms with Gasteiger partial charge in [-0.05, 0) is 30.2 Å². The topological polar surface area (TPSA) is 26.0 Å². The summed E-state index contributed by atoms with van der Waals surface area (Å²) in [6, 6.07) is 3.72. The Morgan fingerprint density at radius 3 is 2.36 bits per heavy atom. The standard InChI is InChI=1S/C10H10F3N/c1-6-4-7(11)2-3-8(6)9(14)5-10(9,12)13/h2-4H,5,14H2,1H3. The van der Waals surface area contributed by atoms with E-state index in [0.29, 0.717) is 11.1 Å². The molecule has 0 amide bonds. The minimum Gasteiger partial charge on any atom is -0.316 e. The van der Waals surface area contributed by atoms with Gasteiger partial charge in [0.15, 0.2) is 0 Å². The highest BCUT2D eigenvalue weighted by Crippen LogP contribution is 2.58. The molecule has 1 unspecified atom stereocenters. The number of hydrogen-bond acceptors (Lipinski definition) is 1. The molecule has 1 nitrogen and oxygen atoms in total. The summed E-state index contributed by atoms with van der Waals surface area (Å²) in [7, 11) is 0. The Labute approximate surface area is 79.7 Å². The molecule has 0 heterocycles. The molecule has 1 aromatic carbocycles. The van der Waals surface area contributed by atoms with Gasteiger partial charge in [-0.15, -0.1) is 0 Å². The molecular formula is C10H10F3N. The summed E-state index contributed by atoms with van der Waals surface area (Å²) in [6.07, 6.45) is -0.355. The van der Waals surface area contributed by atoms with Crippen molar-refractivity contribution < 1.29 is 13.2 Å². The van der Waals surface area contributed by atoms with E-state index in [4.69, 9.17) is 5.73 Å². The molecular weight excluding hydrogens is 191 g/mol. The van der Waals surface area contributed by atoms with Crippen LogP contribution in [0.5, 0.6) is 0 Å². The van der Waals surface area contributed by atoms with Crippen molar-refractivity contribution in [1.82, 2.24) is 0 Å². The Kier molecular flexibility index (Phi) is 1.71. The van der Waals surface area contributed by atoms with Crippen molar-refractivity contribution in [1.29, 1.82) is 0 Å². The zero-order valence-electron chi connectivity index (χ0n) is 7.65. The smallest absolute Gasteiger partial charge is 0.272 e. The molecule has 0 saturated heterocycles. The van der Waals surface area contributed by atoms with Crippen molar-refractivity contribution in [3.05, 3.63) is 35.1 Å². The Balaban J connectivity index is 2.45. The lowest BCUT2D eigenvalue weighted by molar-refractivity contribution is 0.0889. The fraction of sp³-hybridized carbons (Fsp3) is 0.400. The number of rotatable bonds is 1. The van der Waals surface area contributed by atoms with Crippen molar-refractivity contribution >= 4 is 0 Å². The van der Waals surface area contributed by atoms with Crippen LogP contribution in [0.25, 0.3) is 0 Å². The van der Waals surface area contributed by atoms with E-state index in [-0.39, 0.29) is 6.42 Å². The van der Waals surface area contributed by atoms with E-state index in [2.05, 4.69) is 0 Å². The van der Waals surface area contributed by atoms with Crippen molar-refractivity contribution in [3.8, 4) is 0 Å². The second kappa shape index (κ2) is 2.51. The average Bonchev–Trinajstić information content (AvgIpc) is 2.50. The molecule has 14 heavy (non-hydrogen) atoms. The zero-order chi connectivity index (χ0) is 10.6. The van der Waals surface area contributed by atoms with Crippen molar-refractivity contribution in [2.75, 3.05) is 0 Å². The van der Waals surface area contributed by atoms with Gasteiger partial charge in [0, 0.05) is 6.42 Å². The average molecular weight is 201 g/mol. The van der Waals surface area contributed by atoms with Gasteiger partial charge in [-0.3, -0.25) is 0 Å². The van der Waals surface area contributed by atoms with Crippen LogP contribution < -0.4 is 5.73 Å². The molecule has 2 rings (SSSR count). The lowest BCUT2D eigenvalue weighted by Crippen LogP contribution is -2.28. The molecule has 1 aliphatic carbocycles. The van der Waals surface area contributed by atoms with Crippen molar-refractivity contribution in [2.45, 2.75) is 24.8 Å². The molecule has 1 saturated carbocycles. The van der Waals surface area contributed by atoms with Crippen LogP contribution in [0.1, 0.15) is 17.5 Å². The Morgan fingerprint density at radius 1 is 1.36 bits per heavy atom. The molecule has 0 bridgehead atoms. The van der Waals surface area contributed by atoms with Gasteiger partial charge < -0.3 is 5.73 Å². The first kappa shape index (κ1) is 9.52. The maximum absolute atomic E-state index is 12.9. The van der Waals surface area contributed by atoms with Crippen LogP contribution >= 0.6 is 0 Å². The van der Waals surface area contributed by atoms with E-state index in [1.807, 2.05) is 0 Å². The van der Waals surface area contributed by atoms with Gasteiger partial charge in [-0.25, -0.2) is 13.2 Å². The Morgan fingerprint density at radius 2 is 1.93 bits per heavy atom. The predicted octanol–water partition coefficient (Wildman–Crippen LogP) is 2.33. The summed E-state index contributed by atoms with van der Waals surface area (Å²) in [6.45, 7) is 1.58. The third-order valence-electron chi connectivity index (χ3n) is 2.70.